The fourth-order valence-corrected chi connectivity index (χ4v) is 1.11. The zero-order valence-corrected chi connectivity index (χ0v) is 14.7. The van der Waals surface area contributed by atoms with Crippen molar-refractivity contribution in [3.05, 3.63) is 0 Å². The van der Waals surface area contributed by atoms with Crippen LogP contribution in [0, 0.1) is 5.92 Å². The smallest absolute Gasteiger partial charge is 0.306 e. The molecule has 23 heavy (non-hydrogen) atoms. The van der Waals surface area contributed by atoms with E-state index in [2.05, 4.69) is 14.4 Å². The summed E-state index contributed by atoms with van der Waals surface area (Å²) in [4.78, 5) is 53.0. The Morgan fingerprint density at radius 3 is 1.74 bits per heavy atom. The van der Waals surface area contributed by atoms with E-state index < -0.39 is 17.8 Å². The molecule has 0 N–H and O–H groups in total. The Morgan fingerprint density at radius 2 is 1.43 bits per heavy atom. The van der Waals surface area contributed by atoms with Crippen LogP contribution in [0.1, 0.15) is 26.7 Å². The molecule has 0 rings (SSSR count). The Labute approximate surface area is 136 Å². The van der Waals surface area contributed by atoms with Crippen molar-refractivity contribution in [1.82, 2.24) is 10.1 Å². The van der Waals surface area contributed by atoms with E-state index in [0.717, 1.165) is 10.1 Å². The number of hydrogen-bond donors (Lipinski definition) is 0. The normalized spacial score (nSPS) is 10.7. The Balaban J connectivity index is 0. The Kier molecular flexibility index (Phi) is 12.7. The molecule has 0 saturated heterocycles. The lowest BCUT2D eigenvalue weighted by molar-refractivity contribution is -0.170. The van der Waals surface area contributed by atoms with Gasteiger partial charge in [-0.05, 0) is 0 Å². The first-order valence-corrected chi connectivity index (χ1v) is 6.79. The number of hydrogen-bond acceptors (Lipinski definition) is 7. The van der Waals surface area contributed by atoms with Crippen LogP contribution in [-0.4, -0.2) is 69.1 Å². The van der Waals surface area contributed by atoms with Gasteiger partial charge in [-0.15, -0.1) is 0 Å². The van der Waals surface area contributed by atoms with E-state index in [0.29, 0.717) is 0 Å². The van der Waals surface area contributed by atoms with Crippen molar-refractivity contribution in [1.29, 1.82) is 0 Å². The van der Waals surface area contributed by atoms with Gasteiger partial charge in [-0.1, -0.05) is 6.92 Å². The molecule has 0 spiro atoms. The summed E-state index contributed by atoms with van der Waals surface area (Å²) in [5, 5.41) is 2.13. The number of rotatable bonds is 7. The molecule has 1 atom stereocenters. The van der Waals surface area contributed by atoms with Gasteiger partial charge in [-0.25, -0.2) is 10.1 Å². The van der Waals surface area contributed by atoms with Gasteiger partial charge in [0.05, 0.1) is 34.2 Å². The van der Waals surface area contributed by atoms with Crippen molar-refractivity contribution in [3.63, 3.8) is 0 Å². The number of nitrogens with zero attached hydrogens (tertiary/aromatic N) is 2. The molecule has 2 amide bonds. The lowest BCUT2D eigenvalue weighted by Gasteiger charge is -2.14. The first kappa shape index (κ1) is 23.3. The molecule has 0 bridgehead atoms. The van der Waals surface area contributed by atoms with Gasteiger partial charge in [0.15, 0.2) is 0 Å². The fourth-order valence-electron chi connectivity index (χ4n) is 1.11. The molecule has 0 radical (unpaired) electrons. The molecule has 0 heterocycles. The summed E-state index contributed by atoms with van der Waals surface area (Å²) in [6, 6.07) is 0. The Bertz CT molecular complexity index is 412. The van der Waals surface area contributed by atoms with Crippen molar-refractivity contribution in [2.75, 3.05) is 35.4 Å². The number of carbonyl (C=O) groups excluding carboxylic acids is 4. The molecule has 9 heteroatoms. The number of hydroxylamine groups is 4. The largest absolute Gasteiger partial charge is 0.469 e. The molecular formula is C14H26N2O7. The number of Topliss-reactive ketones (excluding diaryl/α,β-unsaturated/α-hetero) is 1. The molecule has 0 aromatic carbocycles. The molecule has 0 saturated carbocycles. The van der Waals surface area contributed by atoms with Crippen LogP contribution in [0.5, 0.6) is 0 Å². The highest BCUT2D eigenvalue weighted by Crippen LogP contribution is 2.08. The minimum atomic E-state index is -0.526. The Hall–Kier alpha value is -2.00. The van der Waals surface area contributed by atoms with E-state index in [1.165, 1.54) is 35.3 Å². The topological polar surface area (TPSA) is 102 Å². The molecule has 0 aliphatic heterocycles. The third kappa shape index (κ3) is 11.2. The van der Waals surface area contributed by atoms with Crippen molar-refractivity contribution in [3.8, 4) is 0 Å². The average Bonchev–Trinajstić information content (AvgIpc) is 2.52. The second-order valence-electron chi connectivity index (χ2n) is 4.60. The van der Waals surface area contributed by atoms with Crippen molar-refractivity contribution in [2.45, 2.75) is 26.7 Å². The van der Waals surface area contributed by atoms with Gasteiger partial charge >= 0.3 is 5.97 Å². The van der Waals surface area contributed by atoms with Gasteiger partial charge in [0.1, 0.15) is 5.78 Å². The lowest BCUT2D eigenvalue weighted by Crippen LogP contribution is -2.29. The summed E-state index contributed by atoms with van der Waals surface area (Å²) >= 11 is 0. The van der Waals surface area contributed by atoms with Crippen LogP contribution in [-0.2, 0) is 33.6 Å². The van der Waals surface area contributed by atoms with Crippen molar-refractivity contribution >= 4 is 23.6 Å². The fraction of sp³-hybridized carbons (Fsp3) is 0.714. The monoisotopic (exact) mass is 334 g/mol. The maximum Gasteiger partial charge on any atom is 0.306 e. The maximum absolute atomic E-state index is 11.5. The van der Waals surface area contributed by atoms with E-state index in [9.17, 15) is 19.2 Å². The molecule has 0 aliphatic carbocycles. The number of amides is 2. The highest BCUT2D eigenvalue weighted by Gasteiger charge is 2.21. The molecular weight excluding hydrogens is 308 g/mol. The van der Waals surface area contributed by atoms with E-state index in [4.69, 9.17) is 0 Å². The number of ether oxygens (including phenoxy) is 1. The quantitative estimate of drug-likeness (QED) is 0.372. The third-order valence-corrected chi connectivity index (χ3v) is 2.92. The number of esters is 1. The van der Waals surface area contributed by atoms with Gasteiger partial charge in [0.25, 0.3) is 5.91 Å². The molecule has 0 aliphatic rings. The van der Waals surface area contributed by atoms with E-state index in [1.54, 1.807) is 14.0 Å². The number of ketones is 1. The highest BCUT2D eigenvalue weighted by atomic mass is 16.7. The molecule has 0 unspecified atom stereocenters. The van der Waals surface area contributed by atoms with Gasteiger partial charge in [0.2, 0.25) is 5.91 Å². The first-order chi connectivity index (χ1) is 10.6. The van der Waals surface area contributed by atoms with E-state index >= 15 is 0 Å². The Morgan fingerprint density at radius 1 is 0.957 bits per heavy atom. The number of carbonyl (C=O) groups is 4. The molecule has 134 valence electrons. The minimum absolute atomic E-state index is 0.0146. The zero-order chi connectivity index (χ0) is 18.6. The van der Waals surface area contributed by atoms with Crippen LogP contribution in [0.4, 0.5) is 0 Å². The van der Waals surface area contributed by atoms with Gasteiger partial charge < -0.3 is 4.74 Å². The van der Waals surface area contributed by atoms with Crippen LogP contribution in [0.2, 0.25) is 0 Å². The van der Waals surface area contributed by atoms with Gasteiger partial charge in [-0.2, -0.15) is 0 Å². The predicted molar refractivity (Wildman–Crippen MR) is 80.7 cm³/mol. The number of methoxy groups -OCH3 is 1. The average molecular weight is 334 g/mol. The summed E-state index contributed by atoms with van der Waals surface area (Å²) in [6.07, 6.45) is -0.290. The van der Waals surface area contributed by atoms with Crippen molar-refractivity contribution < 1.29 is 33.6 Å². The van der Waals surface area contributed by atoms with Crippen LogP contribution in [0.3, 0.4) is 0 Å². The maximum atomic E-state index is 11.5. The third-order valence-electron chi connectivity index (χ3n) is 2.92. The van der Waals surface area contributed by atoms with Gasteiger partial charge in [-0.3, -0.25) is 28.9 Å². The summed E-state index contributed by atoms with van der Waals surface area (Å²) < 4.78 is 4.43. The minimum Gasteiger partial charge on any atom is -0.469 e. The van der Waals surface area contributed by atoms with Crippen LogP contribution in [0.25, 0.3) is 0 Å². The molecule has 9 nitrogen and oxygen atoms in total. The SMILES string of the molecule is COC(=O)C[C@H](C)C(=O)CC(=O)N(C)OC.CON(C)C(C)=O. The summed E-state index contributed by atoms with van der Waals surface area (Å²) in [5.74, 6) is -1.83. The summed E-state index contributed by atoms with van der Waals surface area (Å²) in [7, 11) is 7.01. The summed E-state index contributed by atoms with van der Waals surface area (Å²) in [5.41, 5.74) is 0. The lowest BCUT2D eigenvalue weighted by atomic mass is 10.00. The second-order valence-corrected chi connectivity index (χ2v) is 4.60. The predicted octanol–water partition coefficient (Wildman–Crippen LogP) is 0.191. The van der Waals surface area contributed by atoms with Crippen LogP contribution in [0.15, 0.2) is 0 Å². The summed E-state index contributed by atoms with van der Waals surface area (Å²) in [6.45, 7) is 3.02. The molecule has 0 fully saturated rings. The molecule has 0 aromatic rings. The van der Waals surface area contributed by atoms with Crippen molar-refractivity contribution in [2.24, 2.45) is 5.92 Å². The first-order valence-electron chi connectivity index (χ1n) is 6.79. The van der Waals surface area contributed by atoms with Crippen LogP contribution < -0.4 is 0 Å². The van der Waals surface area contributed by atoms with Crippen LogP contribution >= 0.6 is 0 Å². The standard InChI is InChI=1S/C10H17NO5.C4H9NO2/c1-7(5-10(14)15-3)8(12)6-9(13)11(2)16-4;1-4(6)5(2)7-3/h7H,5-6H2,1-4H3;1-3H3/t7-;/m0./s1. The second kappa shape index (κ2) is 12.5. The van der Waals surface area contributed by atoms with E-state index in [-0.39, 0.29) is 24.5 Å². The zero-order valence-electron chi connectivity index (χ0n) is 14.7. The highest BCUT2D eigenvalue weighted by molar-refractivity contribution is 5.99. The van der Waals surface area contributed by atoms with E-state index in [1.807, 2.05) is 0 Å². The molecule has 0 aromatic heterocycles. The van der Waals surface area contributed by atoms with Gasteiger partial charge in [0, 0.05) is 26.9 Å².